The molecule has 84 valence electrons. The second-order valence-electron chi connectivity index (χ2n) is 2.77. The van der Waals surface area contributed by atoms with E-state index >= 15 is 0 Å². The van der Waals surface area contributed by atoms with Gasteiger partial charge in [-0.25, -0.2) is 14.6 Å². The Bertz CT molecular complexity index is 407. The molecule has 0 N–H and O–H groups in total. The maximum atomic E-state index is 11.2. The minimum Gasteiger partial charge on any atom is -0.465 e. The third kappa shape index (κ3) is 2.41. The van der Waals surface area contributed by atoms with Gasteiger partial charge in [-0.3, -0.25) is 4.79 Å². The second-order valence-corrected chi connectivity index (χ2v) is 2.77. The SMILES string of the molecule is COC(=O)c1cc(C=O)nc(C(=O)OC)c1. The molecular formula is C10H9NO5. The molecule has 0 atom stereocenters. The first kappa shape index (κ1) is 11.8. The van der Waals surface area contributed by atoms with Crippen LogP contribution in [0.5, 0.6) is 0 Å². The molecule has 0 aromatic carbocycles. The van der Waals surface area contributed by atoms with Gasteiger partial charge in [-0.05, 0) is 12.1 Å². The van der Waals surface area contributed by atoms with Crippen LogP contribution >= 0.6 is 0 Å². The Morgan fingerprint density at radius 2 is 1.81 bits per heavy atom. The van der Waals surface area contributed by atoms with Gasteiger partial charge in [0.05, 0.1) is 19.8 Å². The van der Waals surface area contributed by atoms with Gasteiger partial charge in [0, 0.05) is 0 Å². The van der Waals surface area contributed by atoms with Crippen molar-refractivity contribution in [2.24, 2.45) is 0 Å². The summed E-state index contributed by atoms with van der Waals surface area (Å²) in [6, 6.07) is 2.43. The summed E-state index contributed by atoms with van der Waals surface area (Å²) in [4.78, 5) is 36.7. The van der Waals surface area contributed by atoms with Gasteiger partial charge in [0.2, 0.25) is 0 Å². The molecule has 0 spiro atoms. The molecule has 1 heterocycles. The van der Waals surface area contributed by atoms with Crippen LogP contribution < -0.4 is 0 Å². The summed E-state index contributed by atoms with van der Waals surface area (Å²) in [6.07, 6.45) is 0.429. The maximum absolute atomic E-state index is 11.2. The number of carbonyl (C=O) groups excluding carboxylic acids is 3. The molecule has 0 saturated carbocycles. The van der Waals surface area contributed by atoms with Crippen LogP contribution in [0.3, 0.4) is 0 Å². The van der Waals surface area contributed by atoms with Gasteiger partial charge < -0.3 is 9.47 Å². The van der Waals surface area contributed by atoms with Crippen molar-refractivity contribution < 1.29 is 23.9 Å². The van der Waals surface area contributed by atoms with Crippen LogP contribution in [-0.4, -0.2) is 37.4 Å². The van der Waals surface area contributed by atoms with Crippen LogP contribution in [0.2, 0.25) is 0 Å². The first-order valence-corrected chi connectivity index (χ1v) is 4.26. The van der Waals surface area contributed by atoms with E-state index in [0.29, 0.717) is 6.29 Å². The Balaban J connectivity index is 3.26. The standard InChI is InChI=1S/C10H9NO5/c1-15-9(13)6-3-7(5-12)11-8(4-6)10(14)16-2/h3-5H,1-2H3. The van der Waals surface area contributed by atoms with Crippen molar-refractivity contribution in [2.75, 3.05) is 14.2 Å². The smallest absolute Gasteiger partial charge is 0.356 e. The third-order valence-electron chi connectivity index (χ3n) is 1.78. The van der Waals surface area contributed by atoms with Crippen molar-refractivity contribution in [1.82, 2.24) is 4.98 Å². The van der Waals surface area contributed by atoms with Gasteiger partial charge in [0.1, 0.15) is 11.4 Å². The molecule has 0 fully saturated rings. The molecule has 0 aliphatic carbocycles. The van der Waals surface area contributed by atoms with Crippen molar-refractivity contribution in [2.45, 2.75) is 0 Å². The second kappa shape index (κ2) is 5.01. The number of pyridine rings is 1. The van der Waals surface area contributed by atoms with Crippen molar-refractivity contribution in [1.29, 1.82) is 0 Å². The average molecular weight is 223 g/mol. The largest absolute Gasteiger partial charge is 0.465 e. The Kier molecular flexibility index (Phi) is 3.71. The summed E-state index contributed by atoms with van der Waals surface area (Å²) >= 11 is 0. The lowest BCUT2D eigenvalue weighted by atomic mass is 10.2. The molecule has 1 rings (SSSR count). The summed E-state index contributed by atoms with van der Waals surface area (Å²) in [7, 11) is 2.37. The summed E-state index contributed by atoms with van der Waals surface area (Å²) < 4.78 is 8.90. The Morgan fingerprint density at radius 1 is 1.19 bits per heavy atom. The van der Waals surface area contributed by atoms with E-state index in [9.17, 15) is 14.4 Å². The molecule has 0 unspecified atom stereocenters. The van der Waals surface area contributed by atoms with Crippen LogP contribution in [0, 0.1) is 0 Å². The molecule has 0 aliphatic heterocycles. The Hall–Kier alpha value is -2.24. The number of ether oxygens (including phenoxy) is 2. The predicted octanol–water partition coefficient (Wildman–Crippen LogP) is 0.467. The molecule has 0 radical (unpaired) electrons. The quantitative estimate of drug-likeness (QED) is 0.547. The highest BCUT2D eigenvalue weighted by Crippen LogP contribution is 2.07. The molecule has 6 nitrogen and oxygen atoms in total. The molecule has 1 aromatic rings. The molecule has 0 bridgehead atoms. The monoisotopic (exact) mass is 223 g/mol. The molecule has 0 amide bonds. The van der Waals surface area contributed by atoms with Crippen molar-refractivity contribution in [3.63, 3.8) is 0 Å². The van der Waals surface area contributed by atoms with E-state index in [2.05, 4.69) is 14.5 Å². The minimum absolute atomic E-state index is 0.0386. The van der Waals surface area contributed by atoms with Crippen LogP contribution in [0.1, 0.15) is 31.3 Å². The average Bonchev–Trinajstić information content (AvgIpc) is 2.35. The molecular weight excluding hydrogens is 214 g/mol. The predicted molar refractivity (Wildman–Crippen MR) is 52.3 cm³/mol. The van der Waals surface area contributed by atoms with Crippen LogP contribution in [-0.2, 0) is 9.47 Å². The number of methoxy groups -OCH3 is 2. The molecule has 0 aliphatic rings. The molecule has 0 saturated heterocycles. The first-order valence-electron chi connectivity index (χ1n) is 4.26. The fraction of sp³-hybridized carbons (Fsp3) is 0.200. The minimum atomic E-state index is -0.728. The van der Waals surface area contributed by atoms with Crippen molar-refractivity contribution >= 4 is 18.2 Å². The summed E-state index contributed by atoms with van der Waals surface area (Å²) in [5, 5.41) is 0. The fourth-order valence-corrected chi connectivity index (χ4v) is 1.06. The van der Waals surface area contributed by atoms with Crippen LogP contribution in [0.25, 0.3) is 0 Å². The normalized spacial score (nSPS) is 9.38. The fourth-order valence-electron chi connectivity index (χ4n) is 1.06. The van der Waals surface area contributed by atoms with Crippen molar-refractivity contribution in [3.8, 4) is 0 Å². The Labute approximate surface area is 91.2 Å². The number of hydrogen-bond donors (Lipinski definition) is 0. The van der Waals surface area contributed by atoms with Crippen molar-refractivity contribution in [3.05, 3.63) is 29.1 Å². The number of esters is 2. The van der Waals surface area contributed by atoms with E-state index in [1.165, 1.54) is 26.4 Å². The van der Waals surface area contributed by atoms with Gasteiger partial charge in [0.25, 0.3) is 0 Å². The zero-order valence-corrected chi connectivity index (χ0v) is 8.72. The number of rotatable bonds is 3. The van der Waals surface area contributed by atoms with E-state index in [-0.39, 0.29) is 17.0 Å². The lowest BCUT2D eigenvalue weighted by Gasteiger charge is -2.03. The zero-order chi connectivity index (χ0) is 12.1. The zero-order valence-electron chi connectivity index (χ0n) is 8.72. The summed E-state index contributed by atoms with van der Waals surface area (Å²) in [6.45, 7) is 0. The van der Waals surface area contributed by atoms with Gasteiger partial charge >= 0.3 is 11.9 Å². The van der Waals surface area contributed by atoms with E-state index in [1.807, 2.05) is 0 Å². The topological polar surface area (TPSA) is 82.6 Å². The van der Waals surface area contributed by atoms with Gasteiger partial charge in [-0.15, -0.1) is 0 Å². The molecule has 6 heteroatoms. The van der Waals surface area contributed by atoms with Gasteiger partial charge in [-0.1, -0.05) is 0 Å². The highest BCUT2D eigenvalue weighted by molar-refractivity contribution is 5.95. The lowest BCUT2D eigenvalue weighted by molar-refractivity contribution is 0.0593. The van der Waals surface area contributed by atoms with E-state index < -0.39 is 11.9 Å². The highest BCUT2D eigenvalue weighted by atomic mass is 16.5. The maximum Gasteiger partial charge on any atom is 0.356 e. The number of carbonyl (C=O) groups is 3. The van der Waals surface area contributed by atoms with Gasteiger partial charge in [-0.2, -0.15) is 0 Å². The van der Waals surface area contributed by atoms with Crippen LogP contribution in [0.15, 0.2) is 12.1 Å². The number of hydrogen-bond acceptors (Lipinski definition) is 6. The molecule has 1 aromatic heterocycles. The Morgan fingerprint density at radius 3 is 2.31 bits per heavy atom. The number of aldehydes is 1. The number of aromatic nitrogens is 1. The van der Waals surface area contributed by atoms with E-state index in [4.69, 9.17) is 0 Å². The highest BCUT2D eigenvalue weighted by Gasteiger charge is 2.14. The van der Waals surface area contributed by atoms with E-state index in [1.54, 1.807) is 0 Å². The summed E-state index contributed by atoms with van der Waals surface area (Å²) in [5.41, 5.74) is -0.0872. The lowest BCUT2D eigenvalue weighted by Crippen LogP contribution is -2.10. The summed E-state index contributed by atoms with van der Waals surface area (Å²) in [5.74, 6) is -1.38. The van der Waals surface area contributed by atoms with Gasteiger partial charge in [0.15, 0.2) is 6.29 Å². The number of nitrogens with zero attached hydrogens (tertiary/aromatic N) is 1. The van der Waals surface area contributed by atoms with E-state index in [0.717, 1.165) is 0 Å². The first-order chi connectivity index (χ1) is 7.62. The third-order valence-corrected chi connectivity index (χ3v) is 1.78. The van der Waals surface area contributed by atoms with Crippen LogP contribution in [0.4, 0.5) is 0 Å². The molecule has 16 heavy (non-hydrogen) atoms.